The monoisotopic (exact) mass is 467 g/mol. The van der Waals surface area contributed by atoms with Gasteiger partial charge >= 0.3 is 5.97 Å². The first-order valence-electron chi connectivity index (χ1n) is 11.2. The van der Waals surface area contributed by atoms with Crippen LogP contribution in [0.3, 0.4) is 0 Å². The molecule has 33 heavy (non-hydrogen) atoms. The molecule has 7 nitrogen and oxygen atoms in total. The van der Waals surface area contributed by atoms with Crippen LogP contribution in [-0.4, -0.2) is 34.1 Å². The Hall–Kier alpha value is -2.87. The van der Waals surface area contributed by atoms with Crippen LogP contribution in [0.15, 0.2) is 45.5 Å². The number of ketones is 1. The van der Waals surface area contributed by atoms with Gasteiger partial charge in [0, 0.05) is 28.9 Å². The molecule has 4 rings (SSSR count). The number of Topliss-reactive ketones (excluding diaryl/α,β-unsaturated/α-hetero) is 1. The van der Waals surface area contributed by atoms with E-state index in [4.69, 9.17) is 9.72 Å². The van der Waals surface area contributed by atoms with E-state index in [1.807, 2.05) is 0 Å². The average Bonchev–Trinajstić information content (AvgIpc) is 2.76. The number of allylic oxidation sites excluding steroid dienone is 2. The van der Waals surface area contributed by atoms with E-state index in [0.717, 1.165) is 17.7 Å². The van der Waals surface area contributed by atoms with E-state index in [1.165, 1.54) is 18.9 Å². The largest absolute Gasteiger partial charge is 0.465 e. The summed E-state index contributed by atoms with van der Waals surface area (Å²) in [7, 11) is 1.33. The summed E-state index contributed by atoms with van der Waals surface area (Å²) in [5.41, 5.74) is 2.60. The summed E-state index contributed by atoms with van der Waals surface area (Å²) in [6.45, 7) is 8.32. The molecule has 0 fully saturated rings. The van der Waals surface area contributed by atoms with Crippen molar-refractivity contribution in [2.75, 3.05) is 12.4 Å². The minimum atomic E-state index is -0.551. The Morgan fingerprint density at radius 1 is 1.24 bits per heavy atom. The molecule has 2 atom stereocenters. The molecule has 1 aromatic carbocycles. The SMILES string of the molecule is CCC(C)Sc1nc2c(c(=O)[nH]1)C(c1ccc(C(=O)OC)cc1)C1=C(CC(C)(C)CC1=O)N2. The highest BCUT2D eigenvalue weighted by molar-refractivity contribution is 7.99. The number of esters is 1. The quantitative estimate of drug-likeness (QED) is 0.375. The highest BCUT2D eigenvalue weighted by Crippen LogP contribution is 2.47. The number of benzene rings is 1. The van der Waals surface area contributed by atoms with Gasteiger partial charge in [0.05, 0.1) is 18.2 Å². The van der Waals surface area contributed by atoms with Crippen LogP contribution >= 0.6 is 11.8 Å². The highest BCUT2D eigenvalue weighted by Gasteiger charge is 2.42. The maximum absolute atomic E-state index is 13.3. The van der Waals surface area contributed by atoms with Gasteiger partial charge in [0.1, 0.15) is 5.82 Å². The second-order valence-electron chi connectivity index (χ2n) is 9.47. The lowest BCUT2D eigenvalue weighted by atomic mass is 9.69. The van der Waals surface area contributed by atoms with Crippen molar-refractivity contribution in [2.24, 2.45) is 5.41 Å². The molecule has 0 saturated carbocycles. The normalized spacial score (nSPS) is 19.9. The maximum Gasteiger partial charge on any atom is 0.337 e. The number of aromatic nitrogens is 2. The number of anilines is 1. The van der Waals surface area contributed by atoms with E-state index in [1.54, 1.807) is 24.3 Å². The van der Waals surface area contributed by atoms with Crippen LogP contribution in [0.2, 0.25) is 0 Å². The molecular weight excluding hydrogens is 438 g/mol. The van der Waals surface area contributed by atoms with E-state index < -0.39 is 11.9 Å². The number of nitrogens with zero attached hydrogens (tertiary/aromatic N) is 1. The van der Waals surface area contributed by atoms with Gasteiger partial charge in [0.15, 0.2) is 10.9 Å². The van der Waals surface area contributed by atoms with Crippen LogP contribution < -0.4 is 10.9 Å². The zero-order valence-corrected chi connectivity index (χ0v) is 20.4. The number of ether oxygens (including phenoxy) is 1. The van der Waals surface area contributed by atoms with Crippen molar-refractivity contribution in [2.45, 2.75) is 63.3 Å². The van der Waals surface area contributed by atoms with Gasteiger partial charge in [0.2, 0.25) is 0 Å². The number of hydrogen-bond donors (Lipinski definition) is 2. The third kappa shape index (κ3) is 4.49. The summed E-state index contributed by atoms with van der Waals surface area (Å²) >= 11 is 1.52. The van der Waals surface area contributed by atoms with Gasteiger partial charge in [0.25, 0.3) is 5.56 Å². The fraction of sp³-hybridized carbons (Fsp3) is 0.440. The van der Waals surface area contributed by atoms with Crippen LogP contribution in [0.25, 0.3) is 0 Å². The lowest BCUT2D eigenvalue weighted by molar-refractivity contribution is -0.118. The van der Waals surface area contributed by atoms with Crippen LogP contribution in [0.5, 0.6) is 0 Å². The Bertz CT molecular complexity index is 1200. The van der Waals surface area contributed by atoms with E-state index in [0.29, 0.717) is 45.8 Å². The van der Waals surface area contributed by atoms with Crippen LogP contribution in [0.1, 0.15) is 74.4 Å². The van der Waals surface area contributed by atoms with Gasteiger partial charge in [-0.2, -0.15) is 0 Å². The van der Waals surface area contributed by atoms with Crippen molar-refractivity contribution in [1.29, 1.82) is 0 Å². The molecule has 0 radical (unpaired) electrons. The van der Waals surface area contributed by atoms with Gasteiger partial charge in [-0.1, -0.05) is 51.6 Å². The molecule has 1 aliphatic carbocycles. The fourth-order valence-electron chi connectivity index (χ4n) is 4.49. The molecule has 174 valence electrons. The maximum atomic E-state index is 13.3. The number of carbonyl (C=O) groups is 2. The molecule has 0 bridgehead atoms. The Balaban J connectivity index is 1.87. The zero-order valence-electron chi connectivity index (χ0n) is 19.6. The van der Waals surface area contributed by atoms with Crippen LogP contribution in [0, 0.1) is 5.41 Å². The summed E-state index contributed by atoms with van der Waals surface area (Å²) in [5, 5.41) is 4.20. The molecular formula is C25H29N3O4S. The Morgan fingerprint density at radius 3 is 2.58 bits per heavy atom. The van der Waals surface area contributed by atoms with Crippen LogP contribution in [-0.2, 0) is 9.53 Å². The molecule has 0 saturated heterocycles. The van der Waals surface area contributed by atoms with Gasteiger partial charge in [-0.3, -0.25) is 9.59 Å². The predicted molar refractivity (Wildman–Crippen MR) is 129 cm³/mol. The number of thioether (sulfide) groups is 1. The molecule has 2 heterocycles. The van der Waals surface area contributed by atoms with Gasteiger partial charge in [-0.15, -0.1) is 0 Å². The molecule has 1 aliphatic heterocycles. The van der Waals surface area contributed by atoms with Crippen molar-refractivity contribution in [3.05, 3.63) is 62.6 Å². The second-order valence-corrected chi connectivity index (χ2v) is 10.9. The van der Waals surface area contributed by atoms with Crippen molar-refractivity contribution in [3.63, 3.8) is 0 Å². The van der Waals surface area contributed by atoms with Crippen molar-refractivity contribution in [1.82, 2.24) is 9.97 Å². The first-order chi connectivity index (χ1) is 15.6. The average molecular weight is 468 g/mol. The molecule has 8 heteroatoms. The number of hydrogen-bond acceptors (Lipinski definition) is 7. The second kappa shape index (κ2) is 8.82. The Morgan fingerprint density at radius 2 is 1.94 bits per heavy atom. The first kappa shape index (κ1) is 23.3. The Kier molecular flexibility index (Phi) is 6.22. The summed E-state index contributed by atoms with van der Waals surface area (Å²) in [4.78, 5) is 46.2. The molecule has 2 N–H and O–H groups in total. The van der Waals surface area contributed by atoms with E-state index in [-0.39, 0.29) is 16.8 Å². The first-order valence-corrected chi connectivity index (χ1v) is 12.0. The molecule has 2 unspecified atom stereocenters. The third-order valence-electron chi connectivity index (χ3n) is 6.25. The molecule has 0 amide bonds. The molecule has 1 aromatic heterocycles. The van der Waals surface area contributed by atoms with Gasteiger partial charge < -0.3 is 15.0 Å². The zero-order chi connectivity index (χ0) is 23.9. The number of rotatable bonds is 5. The summed E-state index contributed by atoms with van der Waals surface area (Å²) < 4.78 is 4.80. The molecule has 2 aromatic rings. The van der Waals surface area contributed by atoms with Crippen molar-refractivity contribution < 1.29 is 14.3 Å². The minimum Gasteiger partial charge on any atom is -0.465 e. The number of methoxy groups -OCH3 is 1. The predicted octanol–water partition coefficient (Wildman–Crippen LogP) is 4.65. The highest BCUT2D eigenvalue weighted by atomic mass is 32.2. The fourth-order valence-corrected chi connectivity index (χ4v) is 5.33. The standard InChI is InChI=1S/C25H29N3O4S/c1-6-13(2)33-24-27-21-20(22(30)28-24)18(14-7-9-15(10-8-14)23(31)32-5)19-16(26-21)11-25(3,4)12-17(19)29/h7-10,13,18H,6,11-12H2,1-5H3,(H2,26,27,28,30). The lowest BCUT2D eigenvalue weighted by Gasteiger charge is -2.38. The number of aromatic amines is 1. The Labute approximate surface area is 197 Å². The van der Waals surface area contributed by atoms with Crippen molar-refractivity contribution in [3.8, 4) is 0 Å². The third-order valence-corrected chi connectivity index (χ3v) is 7.41. The lowest BCUT2D eigenvalue weighted by Crippen LogP contribution is -2.37. The van der Waals surface area contributed by atoms with Gasteiger partial charge in [-0.05, 0) is 36.0 Å². The van der Waals surface area contributed by atoms with Crippen LogP contribution in [0.4, 0.5) is 5.82 Å². The summed E-state index contributed by atoms with van der Waals surface area (Å²) in [5.74, 6) is -0.464. The summed E-state index contributed by atoms with van der Waals surface area (Å²) in [6.07, 6.45) is 2.05. The van der Waals surface area contributed by atoms with Crippen molar-refractivity contribution >= 4 is 29.3 Å². The molecule has 2 aliphatic rings. The van der Waals surface area contributed by atoms with E-state index >= 15 is 0 Å². The minimum absolute atomic E-state index is 0.0268. The molecule has 0 spiro atoms. The summed E-state index contributed by atoms with van der Waals surface area (Å²) in [6, 6.07) is 6.89. The number of carbonyl (C=O) groups excluding carboxylic acids is 2. The topological polar surface area (TPSA) is 101 Å². The number of H-pyrrole nitrogens is 1. The smallest absolute Gasteiger partial charge is 0.337 e. The number of nitrogens with one attached hydrogen (secondary N) is 2. The van der Waals surface area contributed by atoms with E-state index in [2.05, 4.69) is 38.0 Å². The van der Waals surface area contributed by atoms with Gasteiger partial charge in [-0.25, -0.2) is 9.78 Å². The number of fused-ring (bicyclic) bond motifs is 1. The van der Waals surface area contributed by atoms with E-state index in [9.17, 15) is 14.4 Å².